The van der Waals surface area contributed by atoms with E-state index in [1.807, 2.05) is 0 Å². The summed E-state index contributed by atoms with van der Waals surface area (Å²) in [7, 11) is 4.20. The monoisotopic (exact) mass is 422 g/mol. The number of H-pyrrole nitrogens is 1. The molecule has 1 heterocycles. The van der Waals surface area contributed by atoms with E-state index in [4.69, 9.17) is 19.9 Å². The number of hydrogen-bond acceptors (Lipinski definition) is 9. The first-order chi connectivity index (χ1) is 13.8. The van der Waals surface area contributed by atoms with Gasteiger partial charge in [0.15, 0.2) is 22.5 Å². The number of nitrogens with one attached hydrogen (secondary N) is 2. The number of nitrogen functional groups attached to an aromatic ring is 1. The Morgan fingerprint density at radius 3 is 2.48 bits per heavy atom. The second-order valence-electron chi connectivity index (χ2n) is 5.69. The third-order valence-electron chi connectivity index (χ3n) is 3.90. The van der Waals surface area contributed by atoms with E-state index >= 15 is 0 Å². The number of nitrogens with two attached hydrogens (primary N) is 1. The third-order valence-corrected chi connectivity index (χ3v) is 5.13. The summed E-state index contributed by atoms with van der Waals surface area (Å²) in [6.07, 6.45) is 0.471. The number of carbonyl (C=O) groups excluding carboxylic acids is 2. The molecular weight excluding hydrogens is 400 g/mol. The Kier molecular flexibility index (Phi) is 7.48. The smallest absolute Gasteiger partial charge is 0.319 e. The van der Waals surface area contributed by atoms with Crippen LogP contribution in [0.5, 0.6) is 11.5 Å². The molecule has 10 nitrogen and oxygen atoms in total. The van der Waals surface area contributed by atoms with Crippen molar-refractivity contribution >= 4 is 35.1 Å². The molecule has 0 saturated heterocycles. The molecule has 0 spiro atoms. The summed E-state index contributed by atoms with van der Waals surface area (Å²) in [6.45, 7) is 1.80. The maximum Gasteiger partial charge on any atom is 0.319 e. The number of rotatable bonds is 8. The second-order valence-corrected chi connectivity index (χ2v) is 6.88. The van der Waals surface area contributed by atoms with Gasteiger partial charge in [0.05, 0.1) is 21.3 Å². The molecule has 2 rings (SSSR count). The molecule has 4 N–H and O–H groups in total. The van der Waals surface area contributed by atoms with Crippen LogP contribution in [0.25, 0.3) is 0 Å². The number of hydrogen-bond donors (Lipinski definition) is 3. The SMILES string of the molecule is CC[C@@H](Sc1nc(N)c(NC(=O)c2ccc(OC)c(OC)c2)c(=O)[nH]1)C(=O)OC. The van der Waals surface area contributed by atoms with E-state index in [-0.39, 0.29) is 22.2 Å². The molecule has 0 fully saturated rings. The lowest BCUT2D eigenvalue weighted by Gasteiger charge is -2.13. The normalized spacial score (nSPS) is 11.4. The fourth-order valence-corrected chi connectivity index (χ4v) is 3.30. The molecule has 29 heavy (non-hydrogen) atoms. The first-order valence-corrected chi connectivity index (χ1v) is 9.40. The lowest BCUT2D eigenvalue weighted by Crippen LogP contribution is -2.24. The van der Waals surface area contributed by atoms with E-state index in [2.05, 4.69) is 15.3 Å². The van der Waals surface area contributed by atoms with Crippen molar-refractivity contribution in [3.63, 3.8) is 0 Å². The van der Waals surface area contributed by atoms with E-state index in [9.17, 15) is 14.4 Å². The van der Waals surface area contributed by atoms with Crippen LogP contribution in [0.2, 0.25) is 0 Å². The Morgan fingerprint density at radius 2 is 1.93 bits per heavy atom. The molecule has 1 amide bonds. The Balaban J connectivity index is 2.24. The Hall–Kier alpha value is -3.21. The minimum absolute atomic E-state index is 0.147. The van der Waals surface area contributed by atoms with Gasteiger partial charge in [0, 0.05) is 5.56 Å². The van der Waals surface area contributed by atoms with Crippen molar-refractivity contribution in [2.45, 2.75) is 23.8 Å². The zero-order valence-electron chi connectivity index (χ0n) is 16.4. The number of methoxy groups -OCH3 is 3. The zero-order valence-corrected chi connectivity index (χ0v) is 17.2. The van der Waals surface area contributed by atoms with Crippen LogP contribution in [0.3, 0.4) is 0 Å². The summed E-state index contributed by atoms with van der Waals surface area (Å²) in [4.78, 5) is 43.2. The largest absolute Gasteiger partial charge is 0.493 e. The quantitative estimate of drug-likeness (QED) is 0.328. The van der Waals surface area contributed by atoms with Crippen LogP contribution in [0.4, 0.5) is 11.5 Å². The fraction of sp³-hybridized carbons (Fsp3) is 0.333. The molecule has 1 aromatic carbocycles. The topological polar surface area (TPSA) is 146 Å². The highest BCUT2D eigenvalue weighted by molar-refractivity contribution is 8.00. The number of nitrogens with zero attached hydrogens (tertiary/aromatic N) is 1. The number of aromatic amines is 1. The number of amides is 1. The van der Waals surface area contributed by atoms with Gasteiger partial charge in [-0.3, -0.25) is 19.4 Å². The van der Waals surface area contributed by atoms with Gasteiger partial charge in [-0.15, -0.1) is 0 Å². The van der Waals surface area contributed by atoms with E-state index < -0.39 is 22.7 Å². The van der Waals surface area contributed by atoms with Crippen molar-refractivity contribution < 1.29 is 23.8 Å². The van der Waals surface area contributed by atoms with Crippen molar-refractivity contribution in [2.75, 3.05) is 32.4 Å². The molecule has 0 aliphatic carbocycles. The predicted octanol–water partition coefficient (Wildman–Crippen LogP) is 1.67. The number of carbonyl (C=O) groups is 2. The molecule has 156 valence electrons. The maximum atomic E-state index is 12.5. The van der Waals surface area contributed by atoms with Crippen LogP contribution in [0, 0.1) is 0 Å². The minimum atomic E-state index is -0.645. The average molecular weight is 422 g/mol. The van der Waals surface area contributed by atoms with Gasteiger partial charge in [-0.1, -0.05) is 18.7 Å². The lowest BCUT2D eigenvalue weighted by atomic mass is 10.2. The van der Waals surface area contributed by atoms with Gasteiger partial charge in [-0.25, -0.2) is 4.98 Å². The van der Waals surface area contributed by atoms with Crippen molar-refractivity contribution in [3.8, 4) is 11.5 Å². The summed E-state index contributed by atoms with van der Waals surface area (Å²) in [6, 6.07) is 4.55. The predicted molar refractivity (Wildman–Crippen MR) is 109 cm³/mol. The van der Waals surface area contributed by atoms with Crippen molar-refractivity contribution in [3.05, 3.63) is 34.1 Å². The second kappa shape index (κ2) is 9.82. The van der Waals surface area contributed by atoms with Crippen molar-refractivity contribution in [2.24, 2.45) is 0 Å². The first-order valence-electron chi connectivity index (χ1n) is 8.52. The maximum absolute atomic E-state index is 12.5. The van der Waals surface area contributed by atoms with E-state index in [0.29, 0.717) is 17.9 Å². The molecule has 0 radical (unpaired) electrons. The third kappa shape index (κ3) is 5.19. The Bertz CT molecular complexity index is 962. The van der Waals surface area contributed by atoms with E-state index in [1.54, 1.807) is 13.0 Å². The number of benzene rings is 1. The summed E-state index contributed by atoms with van der Waals surface area (Å²) in [5, 5.41) is 2.05. The molecule has 0 saturated carbocycles. The summed E-state index contributed by atoms with van der Waals surface area (Å²) >= 11 is 1.02. The number of esters is 1. The van der Waals surface area contributed by atoms with Gasteiger partial charge < -0.3 is 25.3 Å². The molecule has 0 aliphatic heterocycles. The number of aromatic nitrogens is 2. The lowest BCUT2D eigenvalue weighted by molar-refractivity contribution is -0.140. The van der Waals surface area contributed by atoms with Crippen molar-refractivity contribution in [1.29, 1.82) is 0 Å². The van der Waals surface area contributed by atoms with Gasteiger partial charge in [-0.05, 0) is 24.6 Å². The van der Waals surface area contributed by atoms with Crippen LogP contribution in [0.15, 0.2) is 28.2 Å². The molecule has 0 unspecified atom stereocenters. The van der Waals surface area contributed by atoms with Gasteiger partial charge in [0.2, 0.25) is 0 Å². The molecule has 0 aliphatic rings. The van der Waals surface area contributed by atoms with E-state index in [0.717, 1.165) is 11.8 Å². The standard InChI is InChI=1S/C18H22N4O6S/c1-5-12(17(25)28-4)29-18-21-14(19)13(16(24)22-18)20-15(23)9-6-7-10(26-2)11(8-9)27-3/h6-8,12H,5H2,1-4H3,(H,20,23)(H3,19,21,22,24)/t12-/m1/s1. The molecular formula is C18H22N4O6S. The minimum Gasteiger partial charge on any atom is -0.493 e. The highest BCUT2D eigenvalue weighted by Crippen LogP contribution is 2.28. The van der Waals surface area contributed by atoms with Crippen LogP contribution in [-0.2, 0) is 9.53 Å². The number of anilines is 2. The van der Waals surface area contributed by atoms with Gasteiger partial charge in [0.1, 0.15) is 10.9 Å². The average Bonchev–Trinajstić information content (AvgIpc) is 2.73. The zero-order chi connectivity index (χ0) is 21.6. The van der Waals surface area contributed by atoms with Crippen LogP contribution >= 0.6 is 11.8 Å². The Labute approximate surface area is 171 Å². The van der Waals surface area contributed by atoms with Gasteiger partial charge in [0.25, 0.3) is 11.5 Å². The molecule has 11 heteroatoms. The van der Waals surface area contributed by atoms with Crippen LogP contribution in [-0.4, -0.2) is 48.4 Å². The molecule has 2 aromatic rings. The number of thioether (sulfide) groups is 1. The fourth-order valence-electron chi connectivity index (χ4n) is 2.37. The number of ether oxygens (including phenoxy) is 3. The highest BCUT2D eigenvalue weighted by Gasteiger charge is 2.21. The Morgan fingerprint density at radius 1 is 1.24 bits per heavy atom. The van der Waals surface area contributed by atoms with Crippen LogP contribution in [0.1, 0.15) is 23.7 Å². The molecule has 1 atom stereocenters. The van der Waals surface area contributed by atoms with Gasteiger partial charge >= 0.3 is 5.97 Å². The molecule has 1 aromatic heterocycles. The summed E-state index contributed by atoms with van der Waals surface area (Å²) in [5.41, 5.74) is 5.25. The highest BCUT2D eigenvalue weighted by atomic mass is 32.2. The van der Waals surface area contributed by atoms with Crippen molar-refractivity contribution in [1.82, 2.24) is 9.97 Å². The van der Waals surface area contributed by atoms with E-state index in [1.165, 1.54) is 33.5 Å². The summed E-state index contributed by atoms with van der Waals surface area (Å²) < 4.78 is 15.0. The summed E-state index contributed by atoms with van der Waals surface area (Å²) in [5.74, 6) is -0.374. The first kappa shape index (κ1) is 22.1. The molecule has 0 bridgehead atoms. The van der Waals surface area contributed by atoms with Gasteiger partial charge in [-0.2, -0.15) is 0 Å². The van der Waals surface area contributed by atoms with Crippen LogP contribution < -0.4 is 26.1 Å².